The molecule has 0 spiro atoms. The summed E-state index contributed by atoms with van der Waals surface area (Å²) in [7, 11) is 2.61. The average Bonchev–Trinajstić information content (AvgIpc) is 3.15. The molecule has 0 radical (unpaired) electrons. The van der Waals surface area contributed by atoms with Crippen LogP contribution < -0.4 is 15.5 Å². The van der Waals surface area contributed by atoms with E-state index in [-0.39, 0.29) is 18.9 Å². The van der Waals surface area contributed by atoms with Crippen LogP contribution in [0.5, 0.6) is 0 Å². The number of carbonyl (C=O) groups is 3. The number of anilines is 2. The van der Waals surface area contributed by atoms with E-state index in [1.165, 1.54) is 14.2 Å². The first-order valence-electron chi connectivity index (χ1n) is 10.1. The highest BCUT2D eigenvalue weighted by Crippen LogP contribution is 2.34. The molecule has 8 heteroatoms. The van der Waals surface area contributed by atoms with Gasteiger partial charge in [0.2, 0.25) is 0 Å². The number of benzene rings is 2. The van der Waals surface area contributed by atoms with Crippen molar-refractivity contribution in [2.75, 3.05) is 30.6 Å². The van der Waals surface area contributed by atoms with E-state index in [0.29, 0.717) is 18.8 Å². The zero-order valence-electron chi connectivity index (χ0n) is 17.7. The molecule has 0 aromatic heterocycles. The zero-order chi connectivity index (χ0) is 22.4. The molecule has 0 bridgehead atoms. The molecule has 0 saturated carbocycles. The molecule has 1 aliphatic rings. The highest BCUT2D eigenvalue weighted by Gasteiger charge is 2.44. The van der Waals surface area contributed by atoms with Gasteiger partial charge in [-0.2, -0.15) is 0 Å². The van der Waals surface area contributed by atoms with Crippen LogP contribution in [0.2, 0.25) is 0 Å². The monoisotopic (exact) mass is 425 g/mol. The Morgan fingerprint density at radius 2 is 1.55 bits per heavy atom. The van der Waals surface area contributed by atoms with Crippen molar-refractivity contribution in [3.8, 4) is 0 Å². The second kappa shape index (κ2) is 10.1. The zero-order valence-corrected chi connectivity index (χ0v) is 17.7. The number of esters is 2. The normalized spacial score (nSPS) is 16.0. The van der Waals surface area contributed by atoms with Crippen LogP contribution in [-0.4, -0.2) is 44.8 Å². The molecular formula is C23H27N3O5. The summed E-state index contributed by atoms with van der Waals surface area (Å²) in [5, 5.41) is 0. The quantitative estimate of drug-likeness (QED) is 0.653. The third kappa shape index (κ3) is 5.03. The second-order valence-electron chi connectivity index (χ2n) is 7.36. The van der Waals surface area contributed by atoms with Crippen molar-refractivity contribution in [1.29, 1.82) is 0 Å². The predicted octanol–water partition coefficient (Wildman–Crippen LogP) is 2.70. The minimum absolute atomic E-state index is 0.00711. The molecule has 31 heavy (non-hydrogen) atoms. The molecule has 0 aliphatic carbocycles. The molecule has 3 rings (SSSR count). The summed E-state index contributed by atoms with van der Waals surface area (Å²) in [5.41, 5.74) is 8.06. The molecule has 2 aromatic rings. The van der Waals surface area contributed by atoms with Gasteiger partial charge in [-0.1, -0.05) is 30.3 Å². The van der Waals surface area contributed by atoms with Crippen molar-refractivity contribution in [3.63, 3.8) is 0 Å². The lowest BCUT2D eigenvalue weighted by Gasteiger charge is -2.29. The molecule has 1 unspecified atom stereocenters. The van der Waals surface area contributed by atoms with E-state index in [9.17, 15) is 14.4 Å². The number of rotatable bonds is 8. The van der Waals surface area contributed by atoms with Crippen LogP contribution in [0, 0.1) is 5.92 Å². The maximum atomic E-state index is 13.5. The van der Waals surface area contributed by atoms with E-state index in [0.717, 1.165) is 11.3 Å². The Labute approximate surface area is 181 Å². The number of ether oxygens (including phenoxy) is 2. The van der Waals surface area contributed by atoms with Crippen LogP contribution in [0.4, 0.5) is 16.2 Å². The SMILES string of the molecule is COC(=O)CC(CC(=O)OC)C1CN(c2ccc(CN)cc2)C(=O)N1c1ccccc1. The Hall–Kier alpha value is -3.39. The first kappa shape index (κ1) is 22.3. The lowest BCUT2D eigenvalue weighted by atomic mass is 9.91. The summed E-state index contributed by atoms with van der Waals surface area (Å²) in [6.07, 6.45) is -0.0142. The van der Waals surface area contributed by atoms with E-state index < -0.39 is 23.9 Å². The molecule has 1 aliphatic heterocycles. The third-order valence-electron chi connectivity index (χ3n) is 5.51. The molecule has 1 atom stereocenters. The average molecular weight is 425 g/mol. The van der Waals surface area contributed by atoms with Crippen LogP contribution >= 0.6 is 0 Å². The fourth-order valence-electron chi connectivity index (χ4n) is 3.84. The number of methoxy groups -OCH3 is 2. The highest BCUT2D eigenvalue weighted by molar-refractivity contribution is 6.07. The number of para-hydroxylation sites is 1. The molecule has 2 amide bonds. The summed E-state index contributed by atoms with van der Waals surface area (Å²) < 4.78 is 9.68. The van der Waals surface area contributed by atoms with Crippen LogP contribution in [0.25, 0.3) is 0 Å². The maximum absolute atomic E-state index is 13.5. The van der Waals surface area contributed by atoms with E-state index >= 15 is 0 Å². The molecule has 2 aromatic carbocycles. The van der Waals surface area contributed by atoms with E-state index in [1.54, 1.807) is 9.80 Å². The first-order valence-corrected chi connectivity index (χ1v) is 10.1. The van der Waals surface area contributed by atoms with Crippen LogP contribution in [-0.2, 0) is 25.6 Å². The van der Waals surface area contributed by atoms with Crippen molar-refractivity contribution in [3.05, 3.63) is 60.2 Å². The highest BCUT2D eigenvalue weighted by atomic mass is 16.5. The number of hydrogen-bond donors (Lipinski definition) is 1. The maximum Gasteiger partial charge on any atom is 0.329 e. The number of hydrogen-bond acceptors (Lipinski definition) is 6. The van der Waals surface area contributed by atoms with Crippen LogP contribution in [0.15, 0.2) is 54.6 Å². The Morgan fingerprint density at radius 3 is 2.06 bits per heavy atom. The number of nitrogens with zero attached hydrogens (tertiary/aromatic N) is 2. The first-order chi connectivity index (χ1) is 15.0. The van der Waals surface area contributed by atoms with Gasteiger partial charge in [-0.15, -0.1) is 0 Å². The van der Waals surface area contributed by atoms with Crippen LogP contribution in [0.3, 0.4) is 0 Å². The summed E-state index contributed by atoms with van der Waals surface area (Å²) in [6, 6.07) is 16.0. The van der Waals surface area contributed by atoms with Crippen LogP contribution in [0.1, 0.15) is 18.4 Å². The minimum atomic E-state index is -0.475. The van der Waals surface area contributed by atoms with E-state index in [2.05, 4.69) is 0 Å². The lowest BCUT2D eigenvalue weighted by Crippen LogP contribution is -2.41. The fraction of sp³-hybridized carbons (Fsp3) is 0.348. The molecule has 2 N–H and O–H groups in total. The van der Waals surface area contributed by atoms with E-state index in [1.807, 2.05) is 54.6 Å². The number of amides is 2. The largest absolute Gasteiger partial charge is 0.469 e. The van der Waals surface area contributed by atoms with Gasteiger partial charge in [-0.25, -0.2) is 4.79 Å². The Bertz CT molecular complexity index is 899. The summed E-state index contributed by atoms with van der Waals surface area (Å²) >= 11 is 0. The van der Waals surface area contributed by atoms with Gasteiger partial charge in [0.05, 0.1) is 33.1 Å². The van der Waals surface area contributed by atoms with Gasteiger partial charge in [0.1, 0.15) is 0 Å². The molecule has 8 nitrogen and oxygen atoms in total. The lowest BCUT2D eigenvalue weighted by molar-refractivity contribution is -0.144. The molecule has 1 fully saturated rings. The summed E-state index contributed by atoms with van der Waals surface area (Å²) in [4.78, 5) is 41.0. The topological polar surface area (TPSA) is 102 Å². The van der Waals surface area contributed by atoms with Crippen molar-refractivity contribution in [2.45, 2.75) is 25.4 Å². The number of urea groups is 1. The number of carbonyl (C=O) groups excluding carboxylic acids is 3. The molecular weight excluding hydrogens is 398 g/mol. The van der Waals surface area contributed by atoms with Gasteiger partial charge in [0.15, 0.2) is 0 Å². The van der Waals surface area contributed by atoms with Gasteiger partial charge in [0.25, 0.3) is 0 Å². The molecule has 1 heterocycles. The number of nitrogens with two attached hydrogens (primary N) is 1. The second-order valence-corrected chi connectivity index (χ2v) is 7.36. The van der Waals surface area contributed by atoms with Crippen molar-refractivity contribution in [1.82, 2.24) is 0 Å². The summed E-state index contributed by atoms with van der Waals surface area (Å²) in [5.74, 6) is -1.36. The van der Waals surface area contributed by atoms with Gasteiger partial charge in [-0.05, 0) is 29.8 Å². The third-order valence-corrected chi connectivity index (χ3v) is 5.51. The summed E-state index contributed by atoms with van der Waals surface area (Å²) in [6.45, 7) is 0.724. The minimum Gasteiger partial charge on any atom is -0.469 e. The van der Waals surface area contributed by atoms with Gasteiger partial charge in [-0.3, -0.25) is 19.4 Å². The van der Waals surface area contributed by atoms with Crippen molar-refractivity contribution < 1.29 is 23.9 Å². The smallest absolute Gasteiger partial charge is 0.329 e. The van der Waals surface area contributed by atoms with Gasteiger partial charge < -0.3 is 15.2 Å². The molecule has 1 saturated heterocycles. The predicted molar refractivity (Wildman–Crippen MR) is 117 cm³/mol. The Balaban J connectivity index is 1.99. The standard InChI is InChI=1S/C23H27N3O5/c1-30-21(27)12-17(13-22(28)31-2)20-15-25(18-10-8-16(14-24)9-11-18)23(29)26(20)19-6-4-3-5-7-19/h3-11,17,20H,12-15,24H2,1-2H3. The Kier molecular flexibility index (Phi) is 7.25. The van der Waals surface area contributed by atoms with Crippen molar-refractivity contribution in [2.24, 2.45) is 11.7 Å². The van der Waals surface area contributed by atoms with Crippen molar-refractivity contribution >= 4 is 29.3 Å². The van der Waals surface area contributed by atoms with Gasteiger partial charge in [0, 0.05) is 30.4 Å². The molecule has 164 valence electrons. The fourth-order valence-corrected chi connectivity index (χ4v) is 3.84. The van der Waals surface area contributed by atoms with E-state index in [4.69, 9.17) is 15.2 Å². The van der Waals surface area contributed by atoms with Gasteiger partial charge >= 0.3 is 18.0 Å². The Morgan fingerprint density at radius 1 is 0.968 bits per heavy atom.